The Morgan fingerprint density at radius 1 is 1.27 bits per heavy atom. The predicted octanol–water partition coefficient (Wildman–Crippen LogP) is 4.47. The van der Waals surface area contributed by atoms with Crippen LogP contribution < -0.4 is 4.90 Å². The molecule has 1 aromatic carbocycles. The Balaban J connectivity index is 2.14. The number of rotatable bonds is 4. The third-order valence-electron chi connectivity index (χ3n) is 4.80. The molecule has 0 saturated carbocycles. The summed E-state index contributed by atoms with van der Waals surface area (Å²) in [5.74, 6) is 0.338. The van der Waals surface area contributed by atoms with Gasteiger partial charge in [-0.2, -0.15) is 0 Å². The van der Waals surface area contributed by atoms with Crippen LogP contribution in [0.25, 0.3) is 0 Å². The van der Waals surface area contributed by atoms with Crippen LogP contribution in [0.5, 0.6) is 0 Å². The largest absolute Gasteiger partial charge is 0.444 e. The first-order valence-electron chi connectivity index (χ1n) is 9.58. The van der Waals surface area contributed by atoms with Crippen LogP contribution in [-0.4, -0.2) is 41.6 Å². The van der Waals surface area contributed by atoms with Crippen molar-refractivity contribution in [3.63, 3.8) is 0 Å². The summed E-state index contributed by atoms with van der Waals surface area (Å²) in [6.07, 6.45) is 2.13. The number of hydrogen-bond donors (Lipinski definition) is 0. The molecule has 26 heavy (non-hydrogen) atoms. The van der Waals surface area contributed by atoms with E-state index in [1.165, 1.54) is 0 Å². The Morgan fingerprint density at radius 3 is 2.50 bits per heavy atom. The molecule has 5 heteroatoms. The minimum absolute atomic E-state index is 0.0232. The first-order valence-corrected chi connectivity index (χ1v) is 9.58. The van der Waals surface area contributed by atoms with E-state index in [1.807, 2.05) is 62.9 Å². The number of anilines is 1. The fourth-order valence-electron chi connectivity index (χ4n) is 3.47. The van der Waals surface area contributed by atoms with Gasteiger partial charge in [-0.25, -0.2) is 4.79 Å². The normalized spacial score (nSPS) is 19.0. The topological polar surface area (TPSA) is 49.9 Å². The van der Waals surface area contributed by atoms with Crippen LogP contribution in [0.2, 0.25) is 0 Å². The lowest BCUT2D eigenvalue weighted by molar-refractivity contribution is -0.119. The highest BCUT2D eigenvalue weighted by Gasteiger charge is 2.34. The number of piperidine rings is 1. The molecule has 0 N–H and O–H groups in total. The van der Waals surface area contributed by atoms with Crippen molar-refractivity contribution >= 4 is 17.7 Å². The van der Waals surface area contributed by atoms with E-state index in [4.69, 9.17) is 4.74 Å². The van der Waals surface area contributed by atoms with E-state index in [9.17, 15) is 9.59 Å². The quantitative estimate of drug-likeness (QED) is 0.796. The maximum atomic E-state index is 12.6. The highest BCUT2D eigenvalue weighted by molar-refractivity contribution is 5.93. The molecule has 2 rings (SSSR count). The van der Waals surface area contributed by atoms with Gasteiger partial charge >= 0.3 is 6.09 Å². The van der Waals surface area contributed by atoms with Gasteiger partial charge in [0.1, 0.15) is 5.60 Å². The lowest BCUT2D eigenvalue weighted by atomic mass is 9.90. The number of nitrogens with zero attached hydrogens (tertiary/aromatic N) is 2. The fraction of sp³-hybridized carbons (Fsp3) is 0.619. The fourth-order valence-corrected chi connectivity index (χ4v) is 3.47. The van der Waals surface area contributed by atoms with Gasteiger partial charge in [-0.05, 0) is 58.6 Å². The zero-order chi connectivity index (χ0) is 19.3. The second-order valence-electron chi connectivity index (χ2n) is 8.02. The van der Waals surface area contributed by atoms with Crippen molar-refractivity contribution in [1.82, 2.24) is 4.90 Å². The number of carbonyl (C=O) groups excluding carboxylic acids is 2. The SMILES string of the molecule is CCC(=O)N(c1ccccc1)[C@@H](C)[C@H]1CCCN(C(=O)OC(C)(C)C)C1. The number of amides is 2. The third-order valence-corrected chi connectivity index (χ3v) is 4.80. The van der Waals surface area contributed by atoms with E-state index >= 15 is 0 Å². The molecule has 0 spiro atoms. The van der Waals surface area contributed by atoms with Gasteiger partial charge in [0, 0.05) is 31.2 Å². The van der Waals surface area contributed by atoms with Gasteiger partial charge in [0.15, 0.2) is 0 Å². The molecule has 0 aromatic heterocycles. The molecule has 1 aliphatic rings. The lowest BCUT2D eigenvalue weighted by Gasteiger charge is -2.40. The summed E-state index contributed by atoms with van der Waals surface area (Å²) >= 11 is 0. The van der Waals surface area contributed by atoms with Crippen molar-refractivity contribution in [3.05, 3.63) is 30.3 Å². The van der Waals surface area contributed by atoms with Crippen LogP contribution in [0.15, 0.2) is 30.3 Å². The minimum atomic E-state index is -0.496. The first-order chi connectivity index (χ1) is 12.2. The number of likely N-dealkylation sites (tertiary alicyclic amines) is 1. The molecule has 1 heterocycles. The van der Waals surface area contributed by atoms with E-state index in [0.29, 0.717) is 19.5 Å². The number of benzene rings is 1. The van der Waals surface area contributed by atoms with Crippen molar-refractivity contribution in [3.8, 4) is 0 Å². The summed E-state index contributed by atoms with van der Waals surface area (Å²) in [6.45, 7) is 11.0. The van der Waals surface area contributed by atoms with Crippen LogP contribution in [0, 0.1) is 5.92 Å². The number of hydrogen-bond acceptors (Lipinski definition) is 3. The molecule has 1 saturated heterocycles. The van der Waals surface area contributed by atoms with Crippen LogP contribution in [-0.2, 0) is 9.53 Å². The second kappa shape index (κ2) is 8.56. The number of carbonyl (C=O) groups is 2. The first kappa shape index (κ1) is 20.3. The third kappa shape index (κ3) is 5.23. The van der Waals surface area contributed by atoms with E-state index in [1.54, 1.807) is 4.90 Å². The molecule has 0 bridgehead atoms. The van der Waals surface area contributed by atoms with Crippen LogP contribution >= 0.6 is 0 Å². The van der Waals surface area contributed by atoms with Gasteiger partial charge in [0.05, 0.1) is 0 Å². The van der Waals surface area contributed by atoms with Crippen molar-refractivity contribution in [2.24, 2.45) is 5.92 Å². The monoisotopic (exact) mass is 360 g/mol. The van der Waals surface area contributed by atoms with Crippen molar-refractivity contribution in [2.45, 2.75) is 65.5 Å². The molecule has 2 atom stereocenters. The average molecular weight is 360 g/mol. The van der Waals surface area contributed by atoms with E-state index < -0.39 is 5.60 Å². The maximum Gasteiger partial charge on any atom is 0.410 e. The van der Waals surface area contributed by atoms with Gasteiger partial charge in [0.2, 0.25) is 5.91 Å². The highest BCUT2D eigenvalue weighted by atomic mass is 16.6. The van der Waals surface area contributed by atoms with Gasteiger partial charge in [0.25, 0.3) is 0 Å². The Hall–Kier alpha value is -2.04. The van der Waals surface area contributed by atoms with Gasteiger partial charge in [-0.3, -0.25) is 4.79 Å². The standard InChI is InChI=1S/C21H32N2O3/c1-6-19(24)23(18-12-8-7-9-13-18)16(2)17-11-10-14-22(15-17)20(25)26-21(3,4)5/h7-9,12-13,16-17H,6,10-11,14-15H2,1-5H3/t16-,17-/m0/s1. The average Bonchev–Trinajstić information content (AvgIpc) is 2.61. The summed E-state index contributed by atoms with van der Waals surface area (Å²) in [7, 11) is 0. The zero-order valence-corrected chi connectivity index (χ0v) is 16.7. The van der Waals surface area contributed by atoms with Crippen LogP contribution in [0.4, 0.5) is 10.5 Å². The summed E-state index contributed by atoms with van der Waals surface area (Å²) in [4.78, 5) is 28.7. The Kier molecular flexibility index (Phi) is 6.68. The summed E-state index contributed by atoms with van der Waals surface area (Å²) in [5, 5.41) is 0. The summed E-state index contributed by atoms with van der Waals surface area (Å²) < 4.78 is 5.53. The van der Waals surface area contributed by atoms with E-state index in [2.05, 4.69) is 6.92 Å². The maximum absolute atomic E-state index is 12.6. The molecule has 144 valence electrons. The van der Waals surface area contributed by atoms with E-state index in [-0.39, 0.29) is 24.0 Å². The molecule has 1 aliphatic heterocycles. The molecular weight excluding hydrogens is 328 g/mol. The van der Waals surface area contributed by atoms with Gasteiger partial charge < -0.3 is 14.5 Å². The molecule has 0 aliphatic carbocycles. The van der Waals surface area contributed by atoms with Crippen molar-refractivity contribution in [1.29, 1.82) is 0 Å². The van der Waals surface area contributed by atoms with Gasteiger partial charge in [-0.1, -0.05) is 25.1 Å². The molecule has 5 nitrogen and oxygen atoms in total. The van der Waals surface area contributed by atoms with Crippen molar-refractivity contribution in [2.75, 3.05) is 18.0 Å². The number of para-hydroxylation sites is 1. The summed E-state index contributed by atoms with van der Waals surface area (Å²) in [5.41, 5.74) is 0.422. The van der Waals surface area contributed by atoms with E-state index in [0.717, 1.165) is 18.5 Å². The predicted molar refractivity (Wildman–Crippen MR) is 104 cm³/mol. The van der Waals surface area contributed by atoms with Crippen LogP contribution in [0.3, 0.4) is 0 Å². The zero-order valence-electron chi connectivity index (χ0n) is 16.7. The Morgan fingerprint density at radius 2 is 1.92 bits per heavy atom. The molecule has 1 fully saturated rings. The van der Waals surface area contributed by atoms with Crippen LogP contribution in [0.1, 0.15) is 53.9 Å². The highest BCUT2D eigenvalue weighted by Crippen LogP contribution is 2.28. The minimum Gasteiger partial charge on any atom is -0.444 e. The number of ether oxygens (including phenoxy) is 1. The molecule has 0 radical (unpaired) electrons. The second-order valence-corrected chi connectivity index (χ2v) is 8.02. The molecule has 2 amide bonds. The molecular formula is C21H32N2O3. The molecule has 1 aromatic rings. The molecule has 0 unspecified atom stereocenters. The van der Waals surface area contributed by atoms with Crippen molar-refractivity contribution < 1.29 is 14.3 Å². The smallest absolute Gasteiger partial charge is 0.410 e. The Bertz CT molecular complexity index is 609. The lowest BCUT2D eigenvalue weighted by Crippen LogP contribution is -2.50. The summed E-state index contributed by atoms with van der Waals surface area (Å²) in [6, 6.07) is 9.82. The van der Waals surface area contributed by atoms with Gasteiger partial charge in [-0.15, -0.1) is 0 Å². The Labute approximate surface area is 157 Å².